The first-order chi connectivity index (χ1) is 13.6. The second-order valence-electron chi connectivity index (χ2n) is 7.67. The van der Waals surface area contributed by atoms with E-state index in [0.29, 0.717) is 5.57 Å². The van der Waals surface area contributed by atoms with Crippen LogP contribution in [-0.4, -0.2) is 58.4 Å². The Morgan fingerprint density at radius 3 is 2.83 bits per heavy atom. The number of carbonyl (C=O) groups excluding carboxylic acids is 1. The van der Waals surface area contributed by atoms with E-state index in [4.69, 9.17) is 10.1 Å². The lowest BCUT2D eigenvalue weighted by molar-refractivity contribution is -0.277. The maximum Gasteiger partial charge on any atom is 0.318 e. The number of nitrogens with zero attached hydrogens (tertiary/aromatic N) is 1. The van der Waals surface area contributed by atoms with Gasteiger partial charge in [0.15, 0.2) is 0 Å². The minimum absolute atomic E-state index is 0.0414. The Morgan fingerprint density at radius 2 is 2.21 bits per heavy atom. The molecule has 1 aromatic rings. The molecule has 3 rings (SSSR count). The first-order valence-corrected chi connectivity index (χ1v) is 9.49. The van der Waals surface area contributed by atoms with Crippen LogP contribution in [0.4, 0.5) is 4.39 Å². The van der Waals surface area contributed by atoms with Gasteiger partial charge in [0, 0.05) is 38.3 Å². The molecule has 0 aliphatic carbocycles. The van der Waals surface area contributed by atoms with E-state index in [9.17, 15) is 19.4 Å². The first-order valence-electron chi connectivity index (χ1n) is 9.49. The minimum Gasteiger partial charge on any atom is -0.439 e. The summed E-state index contributed by atoms with van der Waals surface area (Å²) in [7, 11) is 1.80. The summed E-state index contributed by atoms with van der Waals surface area (Å²) in [6.07, 6.45) is 8.36. The molecular weight excluding hydrogens is 377 g/mol. The van der Waals surface area contributed by atoms with Crippen molar-refractivity contribution in [3.05, 3.63) is 47.8 Å². The molecule has 2 saturated heterocycles. The zero-order chi connectivity index (χ0) is 21.2. The summed E-state index contributed by atoms with van der Waals surface area (Å²) in [5.41, 5.74) is 0.0787. The number of hydrogen-bond donors (Lipinski definition) is 4. The SMILES string of the molecule is CN1CCC2(CCC(C=CC(=CC=N)c3cc(OC(C)(O)O)ccc3F)N2)C1=O. The van der Waals surface area contributed by atoms with Crippen molar-refractivity contribution in [2.24, 2.45) is 0 Å². The Morgan fingerprint density at radius 1 is 1.45 bits per heavy atom. The first kappa shape index (κ1) is 21.2. The number of nitrogens with one attached hydrogen (secondary N) is 2. The molecule has 2 fully saturated rings. The number of likely N-dealkylation sites (tertiary alicyclic amines) is 1. The number of likely N-dealkylation sites (N-methyl/N-ethyl adjacent to an activating group) is 1. The molecule has 7 nitrogen and oxygen atoms in total. The molecule has 4 N–H and O–H groups in total. The second kappa shape index (κ2) is 8.06. The quantitative estimate of drug-likeness (QED) is 0.329. The number of carbonyl (C=O) groups is 1. The smallest absolute Gasteiger partial charge is 0.318 e. The van der Waals surface area contributed by atoms with Crippen LogP contribution < -0.4 is 10.1 Å². The number of ether oxygens (including phenoxy) is 1. The molecule has 8 heteroatoms. The summed E-state index contributed by atoms with van der Waals surface area (Å²) in [5, 5.41) is 29.6. The van der Waals surface area contributed by atoms with E-state index in [-0.39, 0.29) is 23.3 Å². The van der Waals surface area contributed by atoms with Crippen LogP contribution in [0.2, 0.25) is 0 Å². The van der Waals surface area contributed by atoms with Crippen LogP contribution in [0.3, 0.4) is 0 Å². The molecule has 2 heterocycles. The fraction of sp³-hybridized carbons (Fsp3) is 0.429. The molecule has 2 aliphatic heterocycles. The molecule has 2 atom stereocenters. The van der Waals surface area contributed by atoms with Crippen molar-refractivity contribution < 1.29 is 24.1 Å². The average molecular weight is 403 g/mol. The number of allylic oxidation sites excluding steroid dienone is 3. The van der Waals surface area contributed by atoms with E-state index >= 15 is 0 Å². The van der Waals surface area contributed by atoms with E-state index in [1.165, 1.54) is 18.2 Å². The van der Waals surface area contributed by atoms with Gasteiger partial charge in [0.1, 0.15) is 17.1 Å². The van der Waals surface area contributed by atoms with Gasteiger partial charge in [-0.25, -0.2) is 4.39 Å². The van der Waals surface area contributed by atoms with Crippen molar-refractivity contribution in [1.29, 1.82) is 5.41 Å². The van der Waals surface area contributed by atoms with E-state index in [1.54, 1.807) is 18.0 Å². The lowest BCUT2D eigenvalue weighted by Gasteiger charge is -2.22. The van der Waals surface area contributed by atoms with Crippen LogP contribution in [0, 0.1) is 11.2 Å². The topological polar surface area (TPSA) is 106 Å². The van der Waals surface area contributed by atoms with Crippen LogP contribution in [0.5, 0.6) is 5.75 Å². The van der Waals surface area contributed by atoms with Crippen LogP contribution >= 0.6 is 0 Å². The van der Waals surface area contributed by atoms with E-state index in [0.717, 1.165) is 45.0 Å². The molecule has 2 aliphatic rings. The van der Waals surface area contributed by atoms with E-state index in [1.807, 2.05) is 6.08 Å². The van der Waals surface area contributed by atoms with Gasteiger partial charge < -0.3 is 25.3 Å². The van der Waals surface area contributed by atoms with Gasteiger partial charge in [-0.1, -0.05) is 12.2 Å². The maximum atomic E-state index is 14.4. The Kier molecular flexibility index (Phi) is 5.88. The van der Waals surface area contributed by atoms with Crippen molar-refractivity contribution >= 4 is 17.7 Å². The summed E-state index contributed by atoms with van der Waals surface area (Å²) < 4.78 is 19.4. The highest BCUT2D eigenvalue weighted by Gasteiger charge is 2.49. The van der Waals surface area contributed by atoms with Crippen molar-refractivity contribution in [3.63, 3.8) is 0 Å². The van der Waals surface area contributed by atoms with Gasteiger partial charge in [-0.3, -0.25) is 10.1 Å². The highest BCUT2D eigenvalue weighted by Crippen LogP contribution is 2.34. The molecule has 1 amide bonds. The van der Waals surface area contributed by atoms with Crippen molar-refractivity contribution in [3.8, 4) is 5.75 Å². The largest absolute Gasteiger partial charge is 0.439 e. The number of hydrogen-bond acceptors (Lipinski definition) is 6. The van der Waals surface area contributed by atoms with Crippen LogP contribution in [0.1, 0.15) is 31.7 Å². The van der Waals surface area contributed by atoms with Crippen LogP contribution in [-0.2, 0) is 4.79 Å². The van der Waals surface area contributed by atoms with Crippen molar-refractivity contribution in [2.45, 2.75) is 43.7 Å². The van der Waals surface area contributed by atoms with Crippen LogP contribution in [0.25, 0.3) is 5.57 Å². The number of aliphatic hydroxyl groups is 2. The highest BCUT2D eigenvalue weighted by atomic mass is 19.1. The fourth-order valence-electron chi connectivity index (χ4n) is 3.90. The van der Waals surface area contributed by atoms with Gasteiger partial charge >= 0.3 is 5.97 Å². The van der Waals surface area contributed by atoms with Gasteiger partial charge in [0.05, 0.1) is 0 Å². The monoisotopic (exact) mass is 403 g/mol. The molecule has 1 spiro atoms. The zero-order valence-corrected chi connectivity index (χ0v) is 16.5. The maximum absolute atomic E-state index is 14.4. The Labute approximate surface area is 169 Å². The number of benzene rings is 1. The number of rotatable bonds is 6. The molecular formula is C21H26FN3O4. The molecule has 29 heavy (non-hydrogen) atoms. The molecule has 1 aromatic carbocycles. The van der Waals surface area contributed by atoms with Gasteiger partial charge in [-0.05, 0) is 49.1 Å². The molecule has 0 bridgehead atoms. The lowest BCUT2D eigenvalue weighted by atomic mass is 9.96. The van der Waals surface area contributed by atoms with Gasteiger partial charge in [-0.2, -0.15) is 0 Å². The van der Waals surface area contributed by atoms with E-state index in [2.05, 4.69) is 5.32 Å². The Bertz CT molecular complexity index is 862. The lowest BCUT2D eigenvalue weighted by Crippen LogP contribution is -2.48. The van der Waals surface area contributed by atoms with Crippen LogP contribution in [0.15, 0.2) is 36.4 Å². The Hall–Kier alpha value is -2.55. The molecule has 0 radical (unpaired) electrons. The number of halogens is 1. The van der Waals surface area contributed by atoms with Gasteiger partial charge in [0.25, 0.3) is 0 Å². The van der Waals surface area contributed by atoms with Gasteiger partial charge in [0.2, 0.25) is 5.91 Å². The summed E-state index contributed by atoms with van der Waals surface area (Å²) in [4.78, 5) is 14.2. The third-order valence-electron chi connectivity index (χ3n) is 5.30. The van der Waals surface area contributed by atoms with Gasteiger partial charge in [-0.15, -0.1) is 0 Å². The fourth-order valence-corrected chi connectivity index (χ4v) is 3.90. The summed E-state index contributed by atoms with van der Waals surface area (Å²) in [6.45, 7) is 1.78. The molecule has 0 saturated carbocycles. The summed E-state index contributed by atoms with van der Waals surface area (Å²) >= 11 is 0. The Balaban J connectivity index is 1.80. The molecule has 0 aromatic heterocycles. The van der Waals surface area contributed by atoms with E-state index < -0.39 is 17.3 Å². The molecule has 156 valence electrons. The molecule has 2 unspecified atom stereocenters. The minimum atomic E-state index is -2.39. The van der Waals surface area contributed by atoms with Crippen molar-refractivity contribution in [1.82, 2.24) is 10.2 Å². The predicted octanol–water partition coefficient (Wildman–Crippen LogP) is 1.80. The normalized spacial score (nSPS) is 25.4. The highest BCUT2D eigenvalue weighted by molar-refractivity contribution is 5.89. The zero-order valence-electron chi connectivity index (χ0n) is 16.5. The third-order valence-corrected chi connectivity index (χ3v) is 5.30. The average Bonchev–Trinajstić information content (AvgIpc) is 3.19. The standard InChI is InChI=1S/C21H26FN3O4/c1-20(27,28)29-16-5-6-18(22)17(13-16)14(8-11-23)3-4-15-7-9-21(24-15)10-12-25(2)19(21)26/h3-6,8,11,13,15,23-24,27-28H,7,9-10,12H2,1-2H3. The predicted molar refractivity (Wildman–Crippen MR) is 107 cm³/mol. The summed E-state index contributed by atoms with van der Waals surface area (Å²) in [5.74, 6) is -2.73. The van der Waals surface area contributed by atoms with Crippen molar-refractivity contribution in [2.75, 3.05) is 13.6 Å². The second-order valence-corrected chi connectivity index (χ2v) is 7.67. The summed E-state index contributed by atoms with van der Waals surface area (Å²) in [6, 6.07) is 3.76. The number of amides is 1. The third kappa shape index (κ3) is 4.72.